The Morgan fingerprint density at radius 2 is 1.91 bits per heavy atom. The second-order valence-electron chi connectivity index (χ2n) is 5.51. The maximum absolute atomic E-state index is 11.2. The highest BCUT2D eigenvalue weighted by molar-refractivity contribution is 5.76. The normalized spacial score (nSPS) is 27.0. The molecule has 1 heterocycles. The third kappa shape index (κ3) is 4.70. The van der Waals surface area contributed by atoms with Crippen LogP contribution in [0.3, 0.4) is 0 Å². The fourth-order valence-electron chi connectivity index (χ4n) is 2.60. The van der Waals surface area contributed by atoms with E-state index in [-0.39, 0.29) is 12.3 Å². The van der Waals surface area contributed by atoms with Gasteiger partial charge in [-0.05, 0) is 19.8 Å². The molecule has 0 bridgehead atoms. The van der Waals surface area contributed by atoms with Crippen molar-refractivity contribution >= 4 is 17.9 Å². The molecule has 4 atom stereocenters. The molecule has 0 radical (unpaired) electrons. The molecule has 0 unspecified atom stereocenters. The van der Waals surface area contributed by atoms with Gasteiger partial charge in [0.1, 0.15) is 6.04 Å². The summed E-state index contributed by atoms with van der Waals surface area (Å²) >= 11 is 0. The van der Waals surface area contributed by atoms with Crippen molar-refractivity contribution in [2.24, 2.45) is 17.8 Å². The van der Waals surface area contributed by atoms with E-state index in [1.165, 1.54) is 6.08 Å². The van der Waals surface area contributed by atoms with Gasteiger partial charge in [-0.3, -0.25) is 14.4 Å². The van der Waals surface area contributed by atoms with Gasteiger partial charge in [0.25, 0.3) is 0 Å². The van der Waals surface area contributed by atoms with E-state index in [9.17, 15) is 14.4 Å². The summed E-state index contributed by atoms with van der Waals surface area (Å²) in [7, 11) is 0. The summed E-state index contributed by atoms with van der Waals surface area (Å²) < 4.78 is 0. The Balaban J connectivity index is 2.85. The van der Waals surface area contributed by atoms with Gasteiger partial charge in [-0.15, -0.1) is 0 Å². The lowest BCUT2D eigenvalue weighted by Gasteiger charge is -2.20. The lowest BCUT2D eigenvalue weighted by molar-refractivity contribution is -0.142. The second kappa shape index (κ2) is 7.74. The smallest absolute Gasteiger partial charge is 0.321 e. The first kappa shape index (κ1) is 17.9. The molecule has 1 aliphatic rings. The largest absolute Gasteiger partial charge is 0.481 e. The van der Waals surface area contributed by atoms with Gasteiger partial charge in [-0.25, -0.2) is 0 Å². The second-order valence-corrected chi connectivity index (χ2v) is 5.51. The summed E-state index contributed by atoms with van der Waals surface area (Å²) in [4.78, 5) is 32.8. The van der Waals surface area contributed by atoms with Crippen molar-refractivity contribution in [2.45, 2.75) is 26.3 Å². The van der Waals surface area contributed by atoms with Crippen LogP contribution in [0.2, 0.25) is 0 Å². The molecule has 7 nitrogen and oxygen atoms in total. The summed E-state index contributed by atoms with van der Waals surface area (Å²) in [6, 6.07) is -0.883. The standard InChI is InChI=1S/C15H21NO6/c1-8(4-3-5-9(2)14(19)20)11-7-16-13(15(21)22)10(11)6-12(17)18/h3-5,9-11,13,16H,6-7H2,1-2H3,(H,17,18)(H,19,20)(H,21,22)/b5-3+,8-4+/t9-,10-,11+,13-/m0/s1. The average molecular weight is 311 g/mol. The number of aliphatic carboxylic acids is 3. The van der Waals surface area contributed by atoms with Crippen LogP contribution in [0.25, 0.3) is 0 Å². The summed E-state index contributed by atoms with van der Waals surface area (Å²) in [5.74, 6) is -4.38. The molecular weight excluding hydrogens is 290 g/mol. The van der Waals surface area contributed by atoms with Gasteiger partial charge in [0.15, 0.2) is 0 Å². The SMILES string of the molecule is C/C(=C\C=C\[C@H](C)C(=O)O)[C@H]1CN[C@H](C(=O)O)[C@H]1CC(=O)O. The maximum Gasteiger partial charge on any atom is 0.321 e. The van der Waals surface area contributed by atoms with Crippen molar-refractivity contribution in [3.05, 3.63) is 23.8 Å². The van der Waals surface area contributed by atoms with Gasteiger partial charge in [0.2, 0.25) is 0 Å². The van der Waals surface area contributed by atoms with Crippen LogP contribution in [0.1, 0.15) is 20.3 Å². The van der Waals surface area contributed by atoms with Crippen molar-refractivity contribution in [3.63, 3.8) is 0 Å². The van der Waals surface area contributed by atoms with Gasteiger partial charge in [0, 0.05) is 12.5 Å². The van der Waals surface area contributed by atoms with Crippen molar-refractivity contribution in [3.8, 4) is 0 Å². The number of rotatable bonds is 7. The quantitative estimate of drug-likeness (QED) is 0.516. The lowest BCUT2D eigenvalue weighted by atomic mass is 9.83. The molecule has 122 valence electrons. The van der Waals surface area contributed by atoms with E-state index in [1.54, 1.807) is 26.0 Å². The van der Waals surface area contributed by atoms with Crippen LogP contribution in [0.4, 0.5) is 0 Å². The highest BCUT2D eigenvalue weighted by Gasteiger charge is 2.41. The van der Waals surface area contributed by atoms with Crippen molar-refractivity contribution in [2.75, 3.05) is 6.54 Å². The fourth-order valence-corrected chi connectivity index (χ4v) is 2.60. The molecule has 0 saturated carbocycles. The minimum Gasteiger partial charge on any atom is -0.481 e. The molecule has 1 rings (SSSR count). The highest BCUT2D eigenvalue weighted by atomic mass is 16.4. The van der Waals surface area contributed by atoms with Crippen LogP contribution in [-0.2, 0) is 14.4 Å². The first-order valence-electron chi connectivity index (χ1n) is 6.99. The zero-order valence-electron chi connectivity index (χ0n) is 12.5. The molecule has 0 aromatic carbocycles. The predicted octanol–water partition coefficient (Wildman–Crippen LogP) is 0.973. The van der Waals surface area contributed by atoms with Gasteiger partial charge < -0.3 is 20.6 Å². The first-order chi connectivity index (χ1) is 10.2. The summed E-state index contributed by atoms with van der Waals surface area (Å²) in [6.45, 7) is 3.73. The molecule has 0 amide bonds. The predicted molar refractivity (Wildman–Crippen MR) is 78.4 cm³/mol. The Morgan fingerprint density at radius 1 is 1.27 bits per heavy atom. The van der Waals surface area contributed by atoms with E-state index in [0.29, 0.717) is 6.54 Å². The Labute approximate surface area is 128 Å². The molecule has 7 heteroatoms. The zero-order valence-corrected chi connectivity index (χ0v) is 12.5. The van der Waals surface area contributed by atoms with Crippen LogP contribution in [0, 0.1) is 17.8 Å². The third-order valence-corrected chi connectivity index (χ3v) is 3.91. The topological polar surface area (TPSA) is 124 Å². The number of hydrogen-bond acceptors (Lipinski definition) is 4. The van der Waals surface area contributed by atoms with Crippen molar-refractivity contribution in [1.82, 2.24) is 5.32 Å². The number of carbonyl (C=O) groups is 3. The first-order valence-corrected chi connectivity index (χ1v) is 6.99. The van der Waals surface area contributed by atoms with Crippen LogP contribution in [0.5, 0.6) is 0 Å². The molecule has 4 N–H and O–H groups in total. The minimum atomic E-state index is -1.06. The maximum atomic E-state index is 11.2. The Kier molecular flexibility index (Phi) is 6.30. The van der Waals surface area contributed by atoms with E-state index in [2.05, 4.69) is 5.32 Å². The number of nitrogens with one attached hydrogen (secondary N) is 1. The van der Waals surface area contributed by atoms with Crippen LogP contribution < -0.4 is 5.32 Å². The van der Waals surface area contributed by atoms with Crippen molar-refractivity contribution in [1.29, 1.82) is 0 Å². The average Bonchev–Trinajstić information content (AvgIpc) is 2.81. The molecule has 1 aliphatic heterocycles. The van der Waals surface area contributed by atoms with Gasteiger partial charge in [-0.2, -0.15) is 0 Å². The van der Waals surface area contributed by atoms with Crippen LogP contribution >= 0.6 is 0 Å². The summed E-state index contributed by atoms with van der Waals surface area (Å²) in [5, 5.41) is 29.7. The molecular formula is C15H21NO6. The number of carboxylic acid groups (broad SMARTS) is 3. The van der Waals surface area contributed by atoms with E-state index in [4.69, 9.17) is 15.3 Å². The molecule has 1 saturated heterocycles. The molecule has 0 spiro atoms. The summed E-state index contributed by atoms with van der Waals surface area (Å²) in [5.41, 5.74) is 0.830. The molecule has 0 aromatic heterocycles. The molecule has 0 aromatic rings. The minimum absolute atomic E-state index is 0.206. The highest BCUT2D eigenvalue weighted by Crippen LogP contribution is 2.31. The zero-order chi connectivity index (χ0) is 16.9. The Bertz CT molecular complexity index is 510. The van der Waals surface area contributed by atoms with Crippen LogP contribution in [0.15, 0.2) is 23.8 Å². The van der Waals surface area contributed by atoms with Crippen LogP contribution in [-0.4, -0.2) is 45.8 Å². The number of allylic oxidation sites excluding steroid dienone is 2. The summed E-state index contributed by atoms with van der Waals surface area (Å²) in [6.07, 6.45) is 4.62. The molecule has 0 aliphatic carbocycles. The Hall–Kier alpha value is -2.15. The molecule has 22 heavy (non-hydrogen) atoms. The van der Waals surface area contributed by atoms with E-state index in [1.807, 2.05) is 0 Å². The Morgan fingerprint density at radius 3 is 2.41 bits per heavy atom. The molecule has 1 fully saturated rings. The van der Waals surface area contributed by atoms with Gasteiger partial charge in [-0.1, -0.05) is 23.8 Å². The fraction of sp³-hybridized carbons (Fsp3) is 0.533. The van der Waals surface area contributed by atoms with Crippen molar-refractivity contribution < 1.29 is 29.7 Å². The monoisotopic (exact) mass is 311 g/mol. The number of hydrogen-bond donors (Lipinski definition) is 4. The van der Waals surface area contributed by atoms with E-state index >= 15 is 0 Å². The van der Waals surface area contributed by atoms with Gasteiger partial charge >= 0.3 is 17.9 Å². The van der Waals surface area contributed by atoms with Gasteiger partial charge in [0.05, 0.1) is 12.3 Å². The third-order valence-electron chi connectivity index (χ3n) is 3.91. The lowest BCUT2D eigenvalue weighted by Crippen LogP contribution is -2.36. The van der Waals surface area contributed by atoms with E-state index < -0.39 is 35.8 Å². The van der Waals surface area contributed by atoms with E-state index in [0.717, 1.165) is 5.57 Å². The number of carboxylic acids is 3.